The molecule has 2 aromatic carbocycles. The van der Waals surface area contributed by atoms with Crippen LogP contribution in [0.25, 0.3) is 0 Å². The lowest BCUT2D eigenvalue weighted by Crippen LogP contribution is -2.52. The number of anilines is 2. The second kappa shape index (κ2) is 8.08. The van der Waals surface area contributed by atoms with Gasteiger partial charge in [0.1, 0.15) is 0 Å². The predicted octanol–water partition coefficient (Wildman–Crippen LogP) is 1.48. The molecule has 3 rings (SSSR count). The van der Waals surface area contributed by atoms with Crippen LogP contribution in [-0.4, -0.2) is 51.4 Å². The fourth-order valence-electron chi connectivity index (χ4n) is 3.15. The molecule has 0 radical (unpaired) electrons. The zero-order valence-electron chi connectivity index (χ0n) is 15.2. The van der Waals surface area contributed by atoms with Crippen molar-refractivity contribution in [2.45, 2.75) is 17.9 Å². The molecule has 144 valence electrons. The van der Waals surface area contributed by atoms with E-state index < -0.39 is 10.0 Å². The Morgan fingerprint density at radius 3 is 2.15 bits per heavy atom. The molecule has 0 unspecified atom stereocenters. The highest BCUT2D eigenvalue weighted by Crippen LogP contribution is 2.18. The van der Waals surface area contributed by atoms with E-state index in [1.54, 1.807) is 0 Å². The SMILES string of the molecule is C[C@@H](C(=O)Nc1ccc(S(N)(=O)=O)cc1)N1CCN(c2ccccc2)CC1. The molecule has 2 aromatic rings. The van der Waals surface area contributed by atoms with E-state index in [9.17, 15) is 13.2 Å². The molecule has 1 aliphatic rings. The number of para-hydroxylation sites is 1. The third-order valence-electron chi connectivity index (χ3n) is 4.81. The zero-order chi connectivity index (χ0) is 19.4. The molecule has 7 nitrogen and oxygen atoms in total. The molecule has 0 aromatic heterocycles. The van der Waals surface area contributed by atoms with Crippen LogP contribution in [0.5, 0.6) is 0 Å². The second-order valence-electron chi connectivity index (χ2n) is 6.59. The highest BCUT2D eigenvalue weighted by molar-refractivity contribution is 7.89. The molecule has 1 amide bonds. The van der Waals surface area contributed by atoms with Gasteiger partial charge in [0.2, 0.25) is 15.9 Å². The van der Waals surface area contributed by atoms with Gasteiger partial charge in [0.25, 0.3) is 0 Å². The number of hydrogen-bond donors (Lipinski definition) is 2. The van der Waals surface area contributed by atoms with Crippen LogP contribution < -0.4 is 15.4 Å². The Hall–Kier alpha value is -2.42. The number of sulfonamides is 1. The maximum Gasteiger partial charge on any atom is 0.241 e. The Kier molecular flexibility index (Phi) is 5.79. The summed E-state index contributed by atoms with van der Waals surface area (Å²) in [6, 6.07) is 15.8. The molecule has 27 heavy (non-hydrogen) atoms. The number of primary sulfonamides is 1. The van der Waals surface area contributed by atoms with Gasteiger partial charge in [-0.25, -0.2) is 13.6 Å². The van der Waals surface area contributed by atoms with Crippen LogP contribution in [0.15, 0.2) is 59.5 Å². The van der Waals surface area contributed by atoms with Crippen molar-refractivity contribution in [1.82, 2.24) is 4.90 Å². The molecule has 1 aliphatic heterocycles. The average Bonchev–Trinajstić information content (AvgIpc) is 2.68. The van der Waals surface area contributed by atoms with Crippen LogP contribution in [-0.2, 0) is 14.8 Å². The molecular formula is C19H24N4O3S. The van der Waals surface area contributed by atoms with Gasteiger partial charge in [0.05, 0.1) is 10.9 Å². The van der Waals surface area contributed by atoms with E-state index in [4.69, 9.17) is 5.14 Å². The number of carbonyl (C=O) groups excluding carboxylic acids is 1. The number of amides is 1. The average molecular weight is 388 g/mol. The lowest BCUT2D eigenvalue weighted by molar-refractivity contribution is -0.120. The zero-order valence-corrected chi connectivity index (χ0v) is 16.0. The largest absolute Gasteiger partial charge is 0.369 e. The summed E-state index contributed by atoms with van der Waals surface area (Å²) >= 11 is 0. The summed E-state index contributed by atoms with van der Waals surface area (Å²) in [6.07, 6.45) is 0. The number of rotatable bonds is 5. The molecule has 0 saturated carbocycles. The van der Waals surface area contributed by atoms with Crippen molar-refractivity contribution in [2.75, 3.05) is 36.4 Å². The predicted molar refractivity (Wildman–Crippen MR) is 106 cm³/mol. The van der Waals surface area contributed by atoms with Gasteiger partial charge in [-0.15, -0.1) is 0 Å². The third-order valence-corrected chi connectivity index (χ3v) is 5.74. The quantitative estimate of drug-likeness (QED) is 0.809. The molecule has 1 saturated heterocycles. The van der Waals surface area contributed by atoms with Gasteiger partial charge >= 0.3 is 0 Å². The summed E-state index contributed by atoms with van der Waals surface area (Å²) in [5.41, 5.74) is 1.74. The van der Waals surface area contributed by atoms with Crippen LogP contribution in [0.4, 0.5) is 11.4 Å². The first-order chi connectivity index (χ1) is 12.8. The molecule has 1 atom stereocenters. The number of nitrogens with two attached hydrogens (primary N) is 1. The maximum absolute atomic E-state index is 12.5. The Bertz CT molecular complexity index is 877. The Labute approximate surface area is 159 Å². The van der Waals surface area contributed by atoms with Gasteiger partial charge in [-0.2, -0.15) is 0 Å². The van der Waals surface area contributed by atoms with Gasteiger partial charge in [0.15, 0.2) is 0 Å². The minimum Gasteiger partial charge on any atom is -0.369 e. The van der Waals surface area contributed by atoms with E-state index in [1.165, 1.54) is 30.0 Å². The maximum atomic E-state index is 12.5. The van der Waals surface area contributed by atoms with Gasteiger partial charge in [-0.3, -0.25) is 9.69 Å². The number of piperazine rings is 1. The molecule has 3 N–H and O–H groups in total. The fraction of sp³-hybridized carbons (Fsp3) is 0.316. The van der Waals surface area contributed by atoms with E-state index in [2.05, 4.69) is 27.2 Å². The molecule has 0 bridgehead atoms. The van der Waals surface area contributed by atoms with Crippen LogP contribution in [0, 0.1) is 0 Å². The molecule has 0 aliphatic carbocycles. The van der Waals surface area contributed by atoms with Crippen LogP contribution in [0.2, 0.25) is 0 Å². The summed E-state index contributed by atoms with van der Waals surface area (Å²) < 4.78 is 22.6. The molecule has 8 heteroatoms. The monoisotopic (exact) mass is 388 g/mol. The van der Waals surface area contributed by atoms with E-state index in [0.29, 0.717) is 5.69 Å². The lowest BCUT2D eigenvalue weighted by Gasteiger charge is -2.38. The molecular weight excluding hydrogens is 364 g/mol. The van der Waals surface area contributed by atoms with Crippen LogP contribution in [0.1, 0.15) is 6.92 Å². The first-order valence-corrected chi connectivity index (χ1v) is 10.4. The summed E-state index contributed by atoms with van der Waals surface area (Å²) in [7, 11) is -3.74. The summed E-state index contributed by atoms with van der Waals surface area (Å²) in [5, 5.41) is 7.91. The van der Waals surface area contributed by atoms with E-state index >= 15 is 0 Å². The van der Waals surface area contributed by atoms with E-state index in [1.807, 2.05) is 25.1 Å². The van der Waals surface area contributed by atoms with Crippen molar-refractivity contribution in [2.24, 2.45) is 5.14 Å². The smallest absolute Gasteiger partial charge is 0.241 e. The minimum atomic E-state index is -3.74. The van der Waals surface area contributed by atoms with Gasteiger partial charge < -0.3 is 10.2 Å². The van der Waals surface area contributed by atoms with E-state index in [0.717, 1.165) is 26.2 Å². The topological polar surface area (TPSA) is 95.7 Å². The summed E-state index contributed by atoms with van der Waals surface area (Å²) in [6.45, 7) is 5.21. The van der Waals surface area contributed by atoms with Crippen molar-refractivity contribution in [3.8, 4) is 0 Å². The van der Waals surface area contributed by atoms with Crippen LogP contribution in [0.3, 0.4) is 0 Å². The summed E-state index contributed by atoms with van der Waals surface area (Å²) in [5.74, 6) is -0.119. The Morgan fingerprint density at radius 1 is 1.00 bits per heavy atom. The normalized spacial score (nSPS) is 16.7. The Balaban J connectivity index is 1.55. The first-order valence-electron chi connectivity index (χ1n) is 8.82. The summed E-state index contributed by atoms with van der Waals surface area (Å²) in [4.78, 5) is 17.0. The van der Waals surface area contributed by atoms with Crippen molar-refractivity contribution in [3.05, 3.63) is 54.6 Å². The first kappa shape index (κ1) is 19.3. The van der Waals surface area contributed by atoms with Crippen molar-refractivity contribution < 1.29 is 13.2 Å². The molecule has 0 spiro atoms. The number of nitrogens with zero attached hydrogens (tertiary/aromatic N) is 2. The van der Waals surface area contributed by atoms with Gasteiger partial charge in [0, 0.05) is 37.6 Å². The van der Waals surface area contributed by atoms with Crippen molar-refractivity contribution in [3.63, 3.8) is 0 Å². The number of hydrogen-bond acceptors (Lipinski definition) is 5. The molecule has 1 fully saturated rings. The van der Waals surface area contributed by atoms with Gasteiger partial charge in [-0.1, -0.05) is 18.2 Å². The minimum absolute atomic E-state index is 0.0191. The van der Waals surface area contributed by atoms with Crippen LogP contribution >= 0.6 is 0 Å². The number of benzene rings is 2. The van der Waals surface area contributed by atoms with Crippen molar-refractivity contribution in [1.29, 1.82) is 0 Å². The van der Waals surface area contributed by atoms with E-state index in [-0.39, 0.29) is 16.8 Å². The fourth-order valence-corrected chi connectivity index (χ4v) is 3.66. The number of nitrogens with one attached hydrogen (secondary N) is 1. The third kappa shape index (κ3) is 4.85. The molecule has 1 heterocycles. The van der Waals surface area contributed by atoms with Crippen molar-refractivity contribution >= 4 is 27.3 Å². The second-order valence-corrected chi connectivity index (χ2v) is 8.15. The highest BCUT2D eigenvalue weighted by atomic mass is 32.2. The lowest BCUT2D eigenvalue weighted by atomic mass is 10.2. The Morgan fingerprint density at radius 2 is 1.59 bits per heavy atom. The highest BCUT2D eigenvalue weighted by Gasteiger charge is 2.25. The van der Waals surface area contributed by atoms with Gasteiger partial charge in [-0.05, 0) is 43.3 Å². The number of carbonyl (C=O) groups is 1. The standard InChI is InChI=1S/C19H24N4O3S/c1-15(19(24)21-16-7-9-18(10-8-16)27(20,25)26)22-11-13-23(14-12-22)17-5-3-2-4-6-17/h2-10,15H,11-14H2,1H3,(H,21,24)(H2,20,25,26)/t15-/m0/s1.